The molecule has 62 heavy (non-hydrogen) atoms. The van der Waals surface area contributed by atoms with Gasteiger partial charge in [-0.3, -0.25) is 24.0 Å². The van der Waals surface area contributed by atoms with Crippen LogP contribution in [0.3, 0.4) is 0 Å². The average molecular weight is 843 g/mol. The SMILES string of the molecule is COc1c(NC(=O)c2ccc(NC(=O)c3ccc(NC(=O)C(CC#N)NC(=O)c4ccc(NC(=O)/C(C)=C/c5ccc(O)cc5)cc4)cc3)c(OC)c2O)ccc(C(=O)O)c1O. The van der Waals surface area contributed by atoms with Crippen LogP contribution in [0, 0.1) is 11.3 Å². The number of anilines is 4. The number of phenols is 3. The summed E-state index contributed by atoms with van der Waals surface area (Å²) in [4.78, 5) is 76.5. The van der Waals surface area contributed by atoms with Crippen LogP contribution in [0.4, 0.5) is 22.7 Å². The maximum Gasteiger partial charge on any atom is 0.339 e. The summed E-state index contributed by atoms with van der Waals surface area (Å²) >= 11 is 0. The first-order chi connectivity index (χ1) is 29.6. The number of aromatic hydroxyl groups is 3. The summed E-state index contributed by atoms with van der Waals surface area (Å²) in [5, 5.41) is 62.1. The molecule has 0 aliphatic carbocycles. The number of nitriles is 1. The smallest absolute Gasteiger partial charge is 0.339 e. The fourth-order valence-corrected chi connectivity index (χ4v) is 5.79. The van der Waals surface area contributed by atoms with Crippen molar-refractivity contribution in [1.82, 2.24) is 5.32 Å². The zero-order chi connectivity index (χ0) is 45.1. The van der Waals surface area contributed by atoms with Crippen molar-refractivity contribution < 1.29 is 58.7 Å². The number of amides is 5. The highest BCUT2D eigenvalue weighted by Crippen LogP contribution is 2.40. The zero-order valence-electron chi connectivity index (χ0n) is 33.1. The van der Waals surface area contributed by atoms with Crippen LogP contribution in [0.1, 0.15) is 60.3 Å². The zero-order valence-corrected chi connectivity index (χ0v) is 33.1. The van der Waals surface area contributed by atoms with Crippen LogP contribution in [-0.4, -0.2) is 76.2 Å². The van der Waals surface area contributed by atoms with E-state index in [0.717, 1.165) is 13.2 Å². The van der Waals surface area contributed by atoms with Gasteiger partial charge >= 0.3 is 5.97 Å². The van der Waals surface area contributed by atoms with Crippen LogP contribution in [0.5, 0.6) is 28.7 Å². The third-order valence-electron chi connectivity index (χ3n) is 9.01. The Hall–Kier alpha value is -8.85. The van der Waals surface area contributed by atoms with Crippen LogP contribution in [-0.2, 0) is 9.59 Å². The molecule has 316 valence electrons. The summed E-state index contributed by atoms with van der Waals surface area (Å²) in [7, 11) is 2.35. The fourth-order valence-electron chi connectivity index (χ4n) is 5.79. The minimum atomic E-state index is -1.43. The van der Waals surface area contributed by atoms with Gasteiger partial charge in [-0.05, 0) is 103 Å². The summed E-state index contributed by atoms with van der Waals surface area (Å²) in [6, 6.07) is 23.1. The molecule has 0 saturated carbocycles. The monoisotopic (exact) mass is 842 g/mol. The van der Waals surface area contributed by atoms with Gasteiger partial charge in [0.1, 0.15) is 17.4 Å². The minimum absolute atomic E-state index is 0.0198. The van der Waals surface area contributed by atoms with Gasteiger partial charge in [0, 0.05) is 28.1 Å². The van der Waals surface area contributed by atoms with E-state index in [0.29, 0.717) is 16.8 Å². The number of carbonyl (C=O) groups is 6. The molecule has 0 saturated heterocycles. The number of carbonyl (C=O) groups excluding carboxylic acids is 5. The molecule has 5 aromatic rings. The number of hydrogen-bond donors (Lipinski definition) is 9. The Morgan fingerprint density at radius 3 is 1.68 bits per heavy atom. The number of methoxy groups -OCH3 is 2. The first-order valence-corrected chi connectivity index (χ1v) is 18.3. The molecule has 5 rings (SSSR count). The number of nitrogens with one attached hydrogen (secondary N) is 5. The summed E-state index contributed by atoms with van der Waals surface area (Å²) in [5.74, 6) is -6.63. The van der Waals surface area contributed by atoms with Gasteiger partial charge < -0.3 is 56.5 Å². The number of carboxylic acids is 1. The predicted octanol–water partition coefficient (Wildman–Crippen LogP) is 5.72. The standard InChI is InChI=1S/C44H38N6O12/c1-23(22-24-4-14-29(51)15-5-24)39(54)46-27-10-6-26(7-11-27)41(56)50-34(20-21-45)43(58)47-28-12-8-25(9-13-28)40(55)48-32-18-16-30(35(52)37(32)61-2)42(57)49-33-19-17-31(44(59)60)36(53)38(33)62-3/h4-19,22,34,51-53H,20H2,1-3H3,(H,46,54)(H,47,58)(H,48,55)(H,49,57)(H,50,56)(H,59,60)/b23-22+. The Balaban J connectivity index is 1.18. The summed E-state index contributed by atoms with van der Waals surface area (Å²) in [5.41, 5.74) is 1.11. The van der Waals surface area contributed by atoms with Gasteiger partial charge in [-0.25, -0.2) is 4.79 Å². The first-order valence-electron chi connectivity index (χ1n) is 18.3. The number of carboxylic acid groups (broad SMARTS) is 1. The lowest BCUT2D eigenvalue weighted by Gasteiger charge is -2.17. The molecule has 18 heteroatoms. The van der Waals surface area contributed by atoms with E-state index in [4.69, 9.17) is 9.47 Å². The van der Waals surface area contributed by atoms with Crippen LogP contribution in [0.25, 0.3) is 6.08 Å². The average Bonchev–Trinajstić information content (AvgIpc) is 3.24. The van der Waals surface area contributed by atoms with E-state index in [2.05, 4.69) is 26.6 Å². The first kappa shape index (κ1) is 44.3. The number of rotatable bonds is 15. The molecule has 0 fully saturated rings. The number of hydrogen-bond acceptors (Lipinski definition) is 12. The van der Waals surface area contributed by atoms with E-state index in [1.54, 1.807) is 25.1 Å². The Morgan fingerprint density at radius 2 is 1.15 bits per heavy atom. The Bertz CT molecular complexity index is 2620. The number of aromatic carboxylic acids is 1. The summed E-state index contributed by atoms with van der Waals surface area (Å²) in [6.07, 6.45) is 1.27. The maximum absolute atomic E-state index is 13.2. The van der Waals surface area contributed by atoms with E-state index in [9.17, 15) is 54.5 Å². The topological polar surface area (TPSA) is 286 Å². The molecular weight excluding hydrogens is 805 g/mol. The van der Waals surface area contributed by atoms with Crippen molar-refractivity contribution in [2.75, 3.05) is 35.5 Å². The second-order valence-electron chi connectivity index (χ2n) is 13.2. The van der Waals surface area contributed by atoms with Crippen LogP contribution in [0.2, 0.25) is 0 Å². The molecule has 18 nitrogen and oxygen atoms in total. The molecule has 9 N–H and O–H groups in total. The van der Waals surface area contributed by atoms with Crippen LogP contribution < -0.4 is 36.1 Å². The van der Waals surface area contributed by atoms with Gasteiger partial charge in [0.2, 0.25) is 5.91 Å². The molecule has 0 aromatic heterocycles. The van der Waals surface area contributed by atoms with Crippen molar-refractivity contribution in [3.05, 3.63) is 130 Å². The molecular formula is C44H38N6O12. The molecule has 5 amide bonds. The van der Waals surface area contributed by atoms with Gasteiger partial charge in [0.05, 0.1) is 43.6 Å². The highest BCUT2D eigenvalue weighted by molar-refractivity contribution is 6.11. The molecule has 5 aromatic carbocycles. The summed E-state index contributed by atoms with van der Waals surface area (Å²) in [6.45, 7) is 1.62. The number of benzene rings is 5. The Labute approximate surface area is 353 Å². The van der Waals surface area contributed by atoms with E-state index in [1.165, 1.54) is 86.0 Å². The van der Waals surface area contributed by atoms with Crippen molar-refractivity contribution in [1.29, 1.82) is 5.26 Å². The van der Waals surface area contributed by atoms with E-state index in [1.807, 2.05) is 6.07 Å². The van der Waals surface area contributed by atoms with Gasteiger partial charge in [-0.1, -0.05) is 12.1 Å². The van der Waals surface area contributed by atoms with E-state index >= 15 is 0 Å². The highest BCUT2D eigenvalue weighted by atomic mass is 16.5. The van der Waals surface area contributed by atoms with E-state index in [-0.39, 0.29) is 63.3 Å². The number of nitrogens with zero attached hydrogens (tertiary/aromatic N) is 1. The lowest BCUT2D eigenvalue weighted by atomic mass is 10.1. The molecule has 1 unspecified atom stereocenters. The van der Waals surface area contributed by atoms with Gasteiger partial charge in [0.15, 0.2) is 23.0 Å². The Morgan fingerprint density at radius 1 is 0.645 bits per heavy atom. The van der Waals surface area contributed by atoms with Crippen molar-refractivity contribution in [2.45, 2.75) is 19.4 Å². The third-order valence-corrected chi connectivity index (χ3v) is 9.01. The largest absolute Gasteiger partial charge is 0.508 e. The van der Waals surface area contributed by atoms with Gasteiger partial charge in [0.25, 0.3) is 23.6 Å². The maximum atomic E-state index is 13.2. The van der Waals surface area contributed by atoms with Gasteiger partial charge in [-0.2, -0.15) is 5.26 Å². The second-order valence-corrected chi connectivity index (χ2v) is 13.2. The minimum Gasteiger partial charge on any atom is -0.508 e. The number of phenolic OH excluding ortho intramolecular Hbond substituents is 2. The quantitative estimate of drug-likeness (QED) is 0.0571. The molecule has 0 aliphatic heterocycles. The highest BCUT2D eigenvalue weighted by Gasteiger charge is 2.25. The van der Waals surface area contributed by atoms with Crippen LogP contribution in [0.15, 0.2) is 103 Å². The molecule has 1 atom stereocenters. The van der Waals surface area contributed by atoms with Gasteiger partial charge in [-0.15, -0.1) is 0 Å². The van der Waals surface area contributed by atoms with Crippen LogP contribution >= 0.6 is 0 Å². The molecule has 0 spiro atoms. The summed E-state index contributed by atoms with van der Waals surface area (Å²) < 4.78 is 10.3. The van der Waals surface area contributed by atoms with Crippen molar-refractivity contribution in [3.8, 4) is 34.8 Å². The number of ether oxygens (including phenoxy) is 2. The van der Waals surface area contributed by atoms with Crippen molar-refractivity contribution >= 4 is 64.3 Å². The van der Waals surface area contributed by atoms with Crippen molar-refractivity contribution in [3.63, 3.8) is 0 Å². The van der Waals surface area contributed by atoms with E-state index < -0.39 is 52.7 Å². The Kier molecular flexibility index (Phi) is 14.1. The lowest BCUT2D eigenvalue weighted by Crippen LogP contribution is -2.43. The molecule has 0 heterocycles. The normalized spacial score (nSPS) is 11.2. The van der Waals surface area contributed by atoms with Crippen molar-refractivity contribution in [2.24, 2.45) is 0 Å². The molecule has 0 radical (unpaired) electrons. The fraction of sp³-hybridized carbons (Fsp3) is 0.114. The lowest BCUT2D eigenvalue weighted by molar-refractivity contribution is -0.118. The second kappa shape index (κ2) is 19.7. The predicted molar refractivity (Wildman–Crippen MR) is 226 cm³/mol. The third kappa shape index (κ3) is 10.6. The molecule has 0 aliphatic rings. The molecule has 0 bridgehead atoms.